The van der Waals surface area contributed by atoms with E-state index in [-0.39, 0.29) is 18.3 Å². The number of halogens is 1. The van der Waals surface area contributed by atoms with Gasteiger partial charge in [-0.15, -0.1) is 12.4 Å². The molecule has 0 unspecified atom stereocenters. The van der Waals surface area contributed by atoms with Crippen molar-refractivity contribution in [2.75, 3.05) is 5.32 Å². The lowest BCUT2D eigenvalue weighted by Gasteiger charge is -1.98. The first kappa shape index (κ1) is 12.3. The molecule has 1 amide bonds. The summed E-state index contributed by atoms with van der Waals surface area (Å²) in [5.41, 5.74) is 2.51. The predicted octanol–water partition coefficient (Wildman–Crippen LogP) is 1.70. The van der Waals surface area contributed by atoms with E-state index in [2.05, 4.69) is 5.32 Å². The van der Waals surface area contributed by atoms with Crippen LogP contribution in [0.5, 0.6) is 0 Å². The molecule has 1 heterocycles. The van der Waals surface area contributed by atoms with Crippen LogP contribution < -0.4 is 5.32 Å². The van der Waals surface area contributed by atoms with E-state index < -0.39 is 5.97 Å². The summed E-state index contributed by atoms with van der Waals surface area (Å²) < 4.78 is 0. The molecule has 0 spiro atoms. The Morgan fingerprint density at radius 1 is 1.44 bits per heavy atom. The normalized spacial score (nSPS) is 13.1. The fraction of sp³-hybridized carbons (Fsp3) is 0.0909. The van der Waals surface area contributed by atoms with E-state index in [9.17, 15) is 9.59 Å². The molecule has 0 saturated heterocycles. The van der Waals surface area contributed by atoms with Crippen LogP contribution in [0, 0.1) is 0 Å². The van der Waals surface area contributed by atoms with Crippen LogP contribution in [-0.2, 0) is 16.0 Å². The summed E-state index contributed by atoms with van der Waals surface area (Å²) in [6.45, 7) is 0. The number of fused-ring (bicyclic) bond motifs is 1. The van der Waals surface area contributed by atoms with Crippen molar-refractivity contribution >= 4 is 36.0 Å². The van der Waals surface area contributed by atoms with Gasteiger partial charge in [0.15, 0.2) is 0 Å². The first-order valence-electron chi connectivity index (χ1n) is 4.49. The van der Waals surface area contributed by atoms with Crippen LogP contribution in [0.2, 0.25) is 0 Å². The van der Waals surface area contributed by atoms with Gasteiger partial charge in [0, 0.05) is 11.8 Å². The molecule has 84 valence electrons. The van der Waals surface area contributed by atoms with Crippen molar-refractivity contribution in [1.82, 2.24) is 0 Å². The highest BCUT2D eigenvalue weighted by Crippen LogP contribution is 2.24. The molecule has 1 aliphatic heterocycles. The van der Waals surface area contributed by atoms with E-state index in [0.29, 0.717) is 6.42 Å². The lowest BCUT2D eigenvalue weighted by Crippen LogP contribution is -2.03. The van der Waals surface area contributed by atoms with Gasteiger partial charge in [-0.25, -0.2) is 4.79 Å². The van der Waals surface area contributed by atoms with Gasteiger partial charge in [-0.05, 0) is 29.3 Å². The van der Waals surface area contributed by atoms with Gasteiger partial charge in [0.2, 0.25) is 5.91 Å². The molecule has 1 aromatic rings. The van der Waals surface area contributed by atoms with Crippen molar-refractivity contribution in [3.8, 4) is 0 Å². The van der Waals surface area contributed by atoms with Crippen LogP contribution in [0.4, 0.5) is 5.69 Å². The SMILES string of the molecule is Cl.O=C(O)/C=C/c1ccc2c(c1)CC(=O)N2. The molecule has 2 N–H and O–H groups in total. The van der Waals surface area contributed by atoms with Gasteiger partial charge in [-0.2, -0.15) is 0 Å². The summed E-state index contributed by atoms with van der Waals surface area (Å²) in [4.78, 5) is 21.4. The predicted molar refractivity (Wildman–Crippen MR) is 62.7 cm³/mol. The first-order chi connectivity index (χ1) is 7.15. The van der Waals surface area contributed by atoms with E-state index in [1.165, 1.54) is 6.08 Å². The highest BCUT2D eigenvalue weighted by atomic mass is 35.5. The maximum atomic E-state index is 11.1. The lowest BCUT2D eigenvalue weighted by molar-refractivity contribution is -0.131. The molecule has 0 fully saturated rings. The Morgan fingerprint density at radius 2 is 2.19 bits per heavy atom. The largest absolute Gasteiger partial charge is 0.478 e. The molecule has 0 radical (unpaired) electrons. The van der Waals surface area contributed by atoms with E-state index in [1.54, 1.807) is 12.1 Å². The number of carbonyl (C=O) groups is 2. The van der Waals surface area contributed by atoms with Gasteiger partial charge in [0.05, 0.1) is 6.42 Å². The highest BCUT2D eigenvalue weighted by molar-refractivity contribution is 5.99. The summed E-state index contributed by atoms with van der Waals surface area (Å²) in [7, 11) is 0. The lowest BCUT2D eigenvalue weighted by atomic mass is 10.1. The number of benzene rings is 1. The number of carbonyl (C=O) groups excluding carboxylic acids is 1. The third-order valence-electron chi connectivity index (χ3n) is 2.17. The zero-order chi connectivity index (χ0) is 10.8. The Kier molecular flexibility index (Phi) is 3.68. The van der Waals surface area contributed by atoms with E-state index in [4.69, 9.17) is 5.11 Å². The third-order valence-corrected chi connectivity index (χ3v) is 2.17. The smallest absolute Gasteiger partial charge is 0.328 e. The molecule has 0 bridgehead atoms. The van der Waals surface area contributed by atoms with Crippen molar-refractivity contribution in [3.63, 3.8) is 0 Å². The topological polar surface area (TPSA) is 66.4 Å². The Morgan fingerprint density at radius 3 is 2.88 bits per heavy atom. The third kappa shape index (κ3) is 2.61. The fourth-order valence-electron chi connectivity index (χ4n) is 1.52. The van der Waals surface area contributed by atoms with Gasteiger partial charge in [-0.1, -0.05) is 6.07 Å². The van der Waals surface area contributed by atoms with Crippen LogP contribution in [0.15, 0.2) is 24.3 Å². The van der Waals surface area contributed by atoms with Gasteiger partial charge in [0.25, 0.3) is 0 Å². The fourth-order valence-corrected chi connectivity index (χ4v) is 1.52. The summed E-state index contributed by atoms with van der Waals surface area (Å²) in [6.07, 6.45) is 2.95. The zero-order valence-corrected chi connectivity index (χ0v) is 9.08. The van der Waals surface area contributed by atoms with Gasteiger partial charge < -0.3 is 10.4 Å². The second kappa shape index (κ2) is 4.81. The monoisotopic (exact) mass is 239 g/mol. The van der Waals surface area contributed by atoms with Crippen LogP contribution in [0.1, 0.15) is 11.1 Å². The zero-order valence-electron chi connectivity index (χ0n) is 8.27. The molecular formula is C11H10ClNO3. The van der Waals surface area contributed by atoms with Crippen LogP contribution in [0.25, 0.3) is 6.08 Å². The van der Waals surface area contributed by atoms with E-state index >= 15 is 0 Å². The Balaban J connectivity index is 0.00000128. The molecular weight excluding hydrogens is 230 g/mol. The Bertz CT molecular complexity index is 468. The minimum atomic E-state index is -0.982. The molecule has 0 atom stereocenters. The van der Waals surface area contributed by atoms with Crippen molar-refractivity contribution in [1.29, 1.82) is 0 Å². The van der Waals surface area contributed by atoms with Gasteiger partial charge in [0.1, 0.15) is 0 Å². The number of hydrogen-bond donors (Lipinski definition) is 2. The van der Waals surface area contributed by atoms with Crippen molar-refractivity contribution in [2.45, 2.75) is 6.42 Å². The number of rotatable bonds is 2. The summed E-state index contributed by atoms with van der Waals surface area (Å²) in [5.74, 6) is -1.01. The van der Waals surface area contributed by atoms with E-state index in [1.807, 2.05) is 6.07 Å². The highest BCUT2D eigenvalue weighted by Gasteiger charge is 2.16. The second-order valence-electron chi connectivity index (χ2n) is 3.31. The number of aliphatic carboxylic acids is 1. The number of anilines is 1. The summed E-state index contributed by atoms with van der Waals surface area (Å²) in [6, 6.07) is 5.36. The molecule has 0 aliphatic carbocycles. The van der Waals surface area contributed by atoms with Gasteiger partial charge >= 0.3 is 5.97 Å². The molecule has 0 saturated carbocycles. The number of nitrogens with one attached hydrogen (secondary N) is 1. The first-order valence-corrected chi connectivity index (χ1v) is 4.49. The molecule has 2 rings (SSSR count). The van der Waals surface area contributed by atoms with Crippen molar-refractivity contribution in [2.24, 2.45) is 0 Å². The van der Waals surface area contributed by atoms with Crippen molar-refractivity contribution in [3.05, 3.63) is 35.4 Å². The maximum Gasteiger partial charge on any atom is 0.328 e. The van der Waals surface area contributed by atoms with E-state index in [0.717, 1.165) is 22.9 Å². The summed E-state index contributed by atoms with van der Waals surface area (Å²) >= 11 is 0. The quantitative estimate of drug-likeness (QED) is 0.772. The maximum absolute atomic E-state index is 11.1. The average molecular weight is 240 g/mol. The van der Waals surface area contributed by atoms with Crippen molar-refractivity contribution < 1.29 is 14.7 Å². The number of amides is 1. The van der Waals surface area contributed by atoms with Crippen LogP contribution in [-0.4, -0.2) is 17.0 Å². The molecule has 1 aliphatic rings. The average Bonchev–Trinajstić information content (AvgIpc) is 2.53. The molecule has 1 aromatic carbocycles. The van der Waals surface area contributed by atoms with Crippen LogP contribution >= 0.6 is 12.4 Å². The Labute approximate surface area is 98.4 Å². The minimum absolute atomic E-state index is 0. The standard InChI is InChI=1S/C11H9NO3.ClH/c13-10-6-8-5-7(2-4-11(14)15)1-3-9(8)12-10;/h1-5H,6H2,(H,12,13)(H,14,15);1H/b4-2+;. The number of carboxylic acids is 1. The number of hydrogen-bond acceptors (Lipinski definition) is 2. The summed E-state index contributed by atoms with van der Waals surface area (Å²) in [5, 5.41) is 11.2. The molecule has 0 aromatic heterocycles. The molecule has 5 heteroatoms. The Hall–Kier alpha value is -1.81. The van der Waals surface area contributed by atoms with Gasteiger partial charge in [-0.3, -0.25) is 4.79 Å². The number of carboxylic acid groups (broad SMARTS) is 1. The molecule has 4 nitrogen and oxygen atoms in total. The van der Waals surface area contributed by atoms with Crippen LogP contribution in [0.3, 0.4) is 0 Å². The minimum Gasteiger partial charge on any atom is -0.478 e. The molecule has 16 heavy (non-hydrogen) atoms. The second-order valence-corrected chi connectivity index (χ2v) is 3.31.